The number of nitrogens with one attached hydrogen (secondary N) is 2. The van der Waals surface area contributed by atoms with Gasteiger partial charge in [0.15, 0.2) is 0 Å². The summed E-state index contributed by atoms with van der Waals surface area (Å²) in [5.41, 5.74) is 2.55. The summed E-state index contributed by atoms with van der Waals surface area (Å²) in [6.45, 7) is 2.05. The molecule has 21 heavy (non-hydrogen) atoms. The van der Waals surface area contributed by atoms with Gasteiger partial charge in [-0.1, -0.05) is 30.3 Å². The van der Waals surface area contributed by atoms with Crippen LogP contribution >= 0.6 is 0 Å². The van der Waals surface area contributed by atoms with E-state index < -0.39 is 6.10 Å². The highest BCUT2D eigenvalue weighted by Crippen LogP contribution is 2.06. The Bertz CT molecular complexity index is 587. The molecule has 0 radical (unpaired) electrons. The maximum atomic E-state index is 11.7. The zero-order valence-corrected chi connectivity index (χ0v) is 11.9. The molecule has 0 saturated heterocycles. The van der Waals surface area contributed by atoms with Crippen molar-refractivity contribution in [3.05, 3.63) is 59.9 Å². The van der Waals surface area contributed by atoms with E-state index in [0.717, 1.165) is 11.3 Å². The number of urea groups is 1. The number of hydrogen-bond donors (Lipinski definition) is 3. The van der Waals surface area contributed by atoms with Gasteiger partial charge in [0.25, 0.3) is 0 Å². The first-order valence-corrected chi connectivity index (χ1v) is 6.83. The molecule has 2 amide bonds. The number of hydrogen-bond acceptors (Lipinski definition) is 3. The smallest absolute Gasteiger partial charge is 0.319 e. The zero-order chi connectivity index (χ0) is 15.1. The van der Waals surface area contributed by atoms with Crippen LogP contribution in [0.1, 0.15) is 11.3 Å². The topological polar surface area (TPSA) is 74.2 Å². The van der Waals surface area contributed by atoms with Gasteiger partial charge in [0.1, 0.15) is 0 Å². The van der Waals surface area contributed by atoms with Gasteiger partial charge in [-0.15, -0.1) is 0 Å². The molecule has 1 aromatic carbocycles. The Balaban J connectivity index is 1.76. The van der Waals surface area contributed by atoms with Gasteiger partial charge in [0, 0.05) is 30.5 Å². The van der Waals surface area contributed by atoms with Crippen molar-refractivity contribution in [2.75, 3.05) is 11.9 Å². The second-order valence-corrected chi connectivity index (χ2v) is 4.86. The molecule has 2 aromatic rings. The van der Waals surface area contributed by atoms with Crippen LogP contribution in [0.4, 0.5) is 10.5 Å². The monoisotopic (exact) mass is 285 g/mol. The molecule has 5 nitrogen and oxygen atoms in total. The van der Waals surface area contributed by atoms with Crippen molar-refractivity contribution >= 4 is 11.7 Å². The quantitative estimate of drug-likeness (QED) is 0.787. The highest BCUT2D eigenvalue weighted by Gasteiger charge is 2.08. The number of benzene rings is 1. The summed E-state index contributed by atoms with van der Waals surface area (Å²) >= 11 is 0. The summed E-state index contributed by atoms with van der Waals surface area (Å²) in [5.74, 6) is 0. The Morgan fingerprint density at radius 2 is 2.05 bits per heavy atom. The molecular weight excluding hydrogens is 266 g/mol. The molecule has 1 aromatic heterocycles. The van der Waals surface area contributed by atoms with Crippen LogP contribution in [0.15, 0.2) is 48.7 Å². The summed E-state index contributed by atoms with van der Waals surface area (Å²) in [5, 5.41) is 15.3. The first-order valence-electron chi connectivity index (χ1n) is 6.83. The molecule has 0 saturated carbocycles. The van der Waals surface area contributed by atoms with Crippen LogP contribution in [0.2, 0.25) is 0 Å². The SMILES string of the molecule is Cc1cc(NC(=O)NCC(O)Cc2ccccc2)ccn1. The van der Waals surface area contributed by atoms with Gasteiger partial charge >= 0.3 is 6.03 Å². The van der Waals surface area contributed by atoms with E-state index in [2.05, 4.69) is 15.6 Å². The van der Waals surface area contributed by atoms with Crippen molar-refractivity contribution in [1.29, 1.82) is 0 Å². The number of pyridine rings is 1. The fourth-order valence-electron chi connectivity index (χ4n) is 1.97. The van der Waals surface area contributed by atoms with Crippen molar-refractivity contribution in [2.24, 2.45) is 0 Å². The number of aliphatic hydroxyl groups is 1. The lowest BCUT2D eigenvalue weighted by atomic mass is 10.1. The first-order chi connectivity index (χ1) is 10.1. The predicted molar refractivity (Wildman–Crippen MR) is 82.1 cm³/mol. The summed E-state index contributed by atoms with van der Waals surface area (Å²) < 4.78 is 0. The van der Waals surface area contributed by atoms with Gasteiger partial charge < -0.3 is 15.7 Å². The van der Waals surface area contributed by atoms with Crippen molar-refractivity contribution in [3.8, 4) is 0 Å². The molecule has 1 heterocycles. The van der Waals surface area contributed by atoms with E-state index in [-0.39, 0.29) is 12.6 Å². The van der Waals surface area contributed by atoms with Crippen LogP contribution in [0, 0.1) is 6.92 Å². The third-order valence-corrected chi connectivity index (χ3v) is 2.97. The molecule has 0 aliphatic carbocycles. The number of carbonyl (C=O) groups excluding carboxylic acids is 1. The van der Waals surface area contributed by atoms with Crippen molar-refractivity contribution in [2.45, 2.75) is 19.4 Å². The van der Waals surface area contributed by atoms with Crippen LogP contribution in [-0.4, -0.2) is 28.8 Å². The molecule has 0 bridgehead atoms. The minimum atomic E-state index is -0.614. The second-order valence-electron chi connectivity index (χ2n) is 4.86. The van der Waals surface area contributed by atoms with Gasteiger partial charge in [-0.25, -0.2) is 4.79 Å². The number of nitrogens with zero attached hydrogens (tertiary/aromatic N) is 1. The number of aromatic nitrogens is 1. The van der Waals surface area contributed by atoms with E-state index in [9.17, 15) is 9.90 Å². The number of aliphatic hydroxyl groups excluding tert-OH is 1. The Morgan fingerprint density at radius 3 is 2.76 bits per heavy atom. The third-order valence-electron chi connectivity index (χ3n) is 2.97. The standard InChI is InChI=1S/C16H19N3O2/c1-12-9-14(7-8-17-12)19-16(21)18-11-15(20)10-13-5-3-2-4-6-13/h2-9,15,20H,10-11H2,1H3,(H2,17,18,19,21). The lowest BCUT2D eigenvalue weighted by molar-refractivity contribution is 0.172. The maximum absolute atomic E-state index is 11.7. The summed E-state index contributed by atoms with van der Waals surface area (Å²) in [6, 6.07) is 12.8. The number of amides is 2. The molecule has 1 atom stereocenters. The molecule has 0 aliphatic rings. The third kappa shape index (κ3) is 5.24. The number of carbonyl (C=O) groups is 1. The molecule has 0 fully saturated rings. The van der Waals surface area contributed by atoms with Gasteiger partial charge in [-0.2, -0.15) is 0 Å². The Hall–Kier alpha value is -2.40. The fraction of sp³-hybridized carbons (Fsp3) is 0.250. The fourth-order valence-corrected chi connectivity index (χ4v) is 1.97. The minimum Gasteiger partial charge on any atom is -0.391 e. The van der Waals surface area contributed by atoms with Crippen LogP contribution in [-0.2, 0) is 6.42 Å². The Labute approximate surface area is 124 Å². The van der Waals surface area contributed by atoms with Crippen molar-refractivity contribution in [1.82, 2.24) is 10.3 Å². The molecule has 0 aliphatic heterocycles. The number of aryl methyl sites for hydroxylation is 1. The van der Waals surface area contributed by atoms with Gasteiger partial charge in [-0.05, 0) is 24.6 Å². The van der Waals surface area contributed by atoms with Crippen LogP contribution in [0.5, 0.6) is 0 Å². The van der Waals surface area contributed by atoms with Crippen LogP contribution in [0.3, 0.4) is 0 Å². The maximum Gasteiger partial charge on any atom is 0.319 e. The van der Waals surface area contributed by atoms with E-state index in [1.165, 1.54) is 0 Å². The Morgan fingerprint density at radius 1 is 1.29 bits per heavy atom. The zero-order valence-electron chi connectivity index (χ0n) is 11.9. The minimum absolute atomic E-state index is 0.199. The first kappa shape index (κ1) is 15.0. The lowest BCUT2D eigenvalue weighted by Gasteiger charge is -2.13. The van der Waals surface area contributed by atoms with Crippen LogP contribution < -0.4 is 10.6 Å². The summed E-state index contributed by atoms with van der Waals surface area (Å²) in [4.78, 5) is 15.8. The molecule has 0 spiro atoms. The molecule has 3 N–H and O–H groups in total. The van der Waals surface area contributed by atoms with E-state index in [1.807, 2.05) is 37.3 Å². The van der Waals surface area contributed by atoms with E-state index in [1.54, 1.807) is 18.3 Å². The van der Waals surface area contributed by atoms with E-state index in [0.29, 0.717) is 12.1 Å². The highest BCUT2D eigenvalue weighted by atomic mass is 16.3. The lowest BCUT2D eigenvalue weighted by Crippen LogP contribution is -2.36. The second kappa shape index (κ2) is 7.40. The van der Waals surface area contributed by atoms with Crippen molar-refractivity contribution in [3.63, 3.8) is 0 Å². The molecular formula is C16H19N3O2. The molecule has 2 rings (SSSR count). The predicted octanol–water partition coefficient (Wildman–Crippen LogP) is 2.12. The normalized spacial score (nSPS) is 11.7. The summed E-state index contributed by atoms with van der Waals surface area (Å²) in [7, 11) is 0. The highest BCUT2D eigenvalue weighted by molar-refractivity contribution is 5.89. The number of rotatable bonds is 5. The average Bonchev–Trinajstić information content (AvgIpc) is 2.46. The van der Waals surface area contributed by atoms with E-state index >= 15 is 0 Å². The molecule has 1 unspecified atom stereocenters. The Kier molecular flexibility index (Phi) is 5.29. The van der Waals surface area contributed by atoms with E-state index in [4.69, 9.17) is 0 Å². The van der Waals surface area contributed by atoms with Gasteiger partial charge in [0.05, 0.1) is 6.10 Å². The molecule has 5 heteroatoms. The molecule has 110 valence electrons. The van der Waals surface area contributed by atoms with Gasteiger partial charge in [-0.3, -0.25) is 4.98 Å². The van der Waals surface area contributed by atoms with Crippen LogP contribution in [0.25, 0.3) is 0 Å². The largest absolute Gasteiger partial charge is 0.391 e. The van der Waals surface area contributed by atoms with Gasteiger partial charge in [0.2, 0.25) is 0 Å². The van der Waals surface area contributed by atoms with Crippen molar-refractivity contribution < 1.29 is 9.90 Å². The summed E-state index contributed by atoms with van der Waals surface area (Å²) in [6.07, 6.45) is 1.53. The number of anilines is 1. The average molecular weight is 285 g/mol.